The number of anilines is 1. The molecule has 2 amide bonds. The molecular weight excluding hydrogens is 344 g/mol. The molecule has 0 unspecified atom stereocenters. The van der Waals surface area contributed by atoms with Crippen molar-refractivity contribution in [1.29, 1.82) is 0 Å². The fourth-order valence-corrected chi connectivity index (χ4v) is 2.88. The highest BCUT2D eigenvalue weighted by Gasteiger charge is 2.17. The van der Waals surface area contributed by atoms with Crippen LogP contribution in [-0.2, 0) is 13.6 Å². The Morgan fingerprint density at radius 1 is 1.11 bits per heavy atom. The van der Waals surface area contributed by atoms with Crippen molar-refractivity contribution in [2.45, 2.75) is 20.4 Å². The van der Waals surface area contributed by atoms with Gasteiger partial charge in [0.05, 0.1) is 17.9 Å². The van der Waals surface area contributed by atoms with E-state index in [0.29, 0.717) is 17.8 Å². The smallest absolute Gasteiger partial charge is 0.273 e. The summed E-state index contributed by atoms with van der Waals surface area (Å²) >= 11 is 0. The molecule has 0 radical (unpaired) electrons. The Bertz CT molecular complexity index is 1000. The molecule has 0 spiro atoms. The van der Waals surface area contributed by atoms with E-state index in [2.05, 4.69) is 20.8 Å². The zero-order valence-electron chi connectivity index (χ0n) is 15.8. The third-order valence-electron chi connectivity index (χ3n) is 4.14. The normalized spacial score (nSPS) is 10.7. The Hall–Kier alpha value is -3.42. The Morgan fingerprint density at radius 3 is 2.56 bits per heavy atom. The number of amides is 2. The van der Waals surface area contributed by atoms with E-state index in [-0.39, 0.29) is 17.5 Å². The van der Waals surface area contributed by atoms with Gasteiger partial charge in [-0.05, 0) is 37.6 Å². The third-order valence-corrected chi connectivity index (χ3v) is 4.14. The van der Waals surface area contributed by atoms with E-state index < -0.39 is 0 Å². The third kappa shape index (κ3) is 4.05. The van der Waals surface area contributed by atoms with Gasteiger partial charge in [0, 0.05) is 31.5 Å². The molecule has 1 aromatic carbocycles. The van der Waals surface area contributed by atoms with Crippen LogP contribution >= 0.6 is 0 Å². The minimum atomic E-state index is -0.357. The molecule has 27 heavy (non-hydrogen) atoms. The second-order valence-corrected chi connectivity index (χ2v) is 6.38. The molecule has 0 fully saturated rings. The largest absolute Gasteiger partial charge is 0.354 e. The lowest BCUT2D eigenvalue weighted by Gasteiger charge is -2.08. The molecule has 140 valence electrons. The fraction of sp³-hybridized carbons (Fsp3) is 0.263. The summed E-state index contributed by atoms with van der Waals surface area (Å²) in [7, 11) is 3.21. The standard InChI is InChI=1S/C19H22N6O2/c1-12-8-13(2)25(22-12)10-14-6-5-7-15(9-14)18(26)21-16-11-24(4)23-17(16)19(27)20-3/h5-9,11H,10H2,1-4H3,(H,20,27)(H,21,26). The molecule has 8 nitrogen and oxygen atoms in total. The van der Waals surface area contributed by atoms with Crippen LogP contribution in [0.4, 0.5) is 5.69 Å². The zero-order chi connectivity index (χ0) is 19.6. The predicted octanol–water partition coefficient (Wildman–Crippen LogP) is 1.89. The number of hydrogen-bond donors (Lipinski definition) is 2. The molecule has 2 N–H and O–H groups in total. The van der Waals surface area contributed by atoms with E-state index in [1.54, 1.807) is 19.3 Å². The van der Waals surface area contributed by atoms with Crippen LogP contribution in [-0.4, -0.2) is 38.4 Å². The first-order valence-electron chi connectivity index (χ1n) is 8.54. The van der Waals surface area contributed by atoms with Gasteiger partial charge in [-0.3, -0.25) is 19.0 Å². The van der Waals surface area contributed by atoms with Gasteiger partial charge in [0.2, 0.25) is 0 Å². The van der Waals surface area contributed by atoms with E-state index in [1.807, 2.05) is 42.8 Å². The number of carbonyl (C=O) groups excluding carboxylic acids is 2. The zero-order valence-corrected chi connectivity index (χ0v) is 15.8. The highest BCUT2D eigenvalue weighted by Crippen LogP contribution is 2.16. The van der Waals surface area contributed by atoms with Crippen molar-refractivity contribution >= 4 is 17.5 Å². The van der Waals surface area contributed by atoms with Gasteiger partial charge in [0.15, 0.2) is 5.69 Å². The molecule has 3 aromatic rings. The molecule has 0 aliphatic heterocycles. The summed E-state index contributed by atoms with van der Waals surface area (Å²) in [5.41, 5.74) is 4.03. The van der Waals surface area contributed by atoms with Crippen LogP contribution < -0.4 is 10.6 Å². The number of aromatic nitrogens is 4. The average molecular weight is 366 g/mol. The summed E-state index contributed by atoms with van der Waals surface area (Å²) < 4.78 is 3.39. The quantitative estimate of drug-likeness (QED) is 0.721. The molecular formula is C19H22N6O2. The van der Waals surface area contributed by atoms with E-state index in [9.17, 15) is 9.59 Å². The van der Waals surface area contributed by atoms with Crippen LogP contribution in [0.25, 0.3) is 0 Å². The van der Waals surface area contributed by atoms with Crippen molar-refractivity contribution in [2.24, 2.45) is 7.05 Å². The number of nitrogens with zero attached hydrogens (tertiary/aromatic N) is 4. The first-order chi connectivity index (χ1) is 12.9. The Labute approximate surface area is 157 Å². The number of nitrogens with one attached hydrogen (secondary N) is 2. The second kappa shape index (κ2) is 7.45. The molecule has 3 rings (SSSR count). The molecule has 0 atom stereocenters. The van der Waals surface area contributed by atoms with Crippen molar-refractivity contribution in [3.63, 3.8) is 0 Å². The molecule has 0 saturated carbocycles. The summed E-state index contributed by atoms with van der Waals surface area (Å²) in [6, 6.07) is 9.35. The number of rotatable bonds is 5. The van der Waals surface area contributed by atoms with Gasteiger partial charge in [-0.25, -0.2) is 0 Å². The van der Waals surface area contributed by atoms with Crippen LogP contribution in [0.5, 0.6) is 0 Å². The Morgan fingerprint density at radius 2 is 1.89 bits per heavy atom. The summed E-state index contributed by atoms with van der Waals surface area (Å²) in [4.78, 5) is 24.6. The lowest BCUT2D eigenvalue weighted by atomic mass is 10.1. The van der Waals surface area contributed by atoms with Crippen LogP contribution in [0, 0.1) is 13.8 Å². The minimum absolute atomic E-state index is 0.173. The number of hydrogen-bond acceptors (Lipinski definition) is 4. The lowest BCUT2D eigenvalue weighted by Crippen LogP contribution is -2.21. The van der Waals surface area contributed by atoms with Crippen molar-refractivity contribution in [2.75, 3.05) is 12.4 Å². The summed E-state index contributed by atoms with van der Waals surface area (Å²) in [6.07, 6.45) is 1.60. The van der Waals surface area contributed by atoms with Gasteiger partial charge in [-0.2, -0.15) is 10.2 Å². The van der Waals surface area contributed by atoms with E-state index >= 15 is 0 Å². The summed E-state index contributed by atoms with van der Waals surface area (Å²) in [5, 5.41) is 13.8. The first-order valence-corrected chi connectivity index (χ1v) is 8.54. The second-order valence-electron chi connectivity index (χ2n) is 6.38. The highest BCUT2D eigenvalue weighted by molar-refractivity contribution is 6.08. The molecule has 0 aliphatic carbocycles. The van der Waals surface area contributed by atoms with E-state index in [4.69, 9.17) is 0 Å². The monoisotopic (exact) mass is 366 g/mol. The Balaban J connectivity index is 1.80. The Kier molecular flexibility index (Phi) is 5.07. The van der Waals surface area contributed by atoms with Crippen LogP contribution in [0.2, 0.25) is 0 Å². The summed E-state index contributed by atoms with van der Waals surface area (Å²) in [6.45, 7) is 4.53. The van der Waals surface area contributed by atoms with Crippen molar-refractivity contribution in [3.8, 4) is 0 Å². The summed E-state index contributed by atoms with van der Waals surface area (Å²) in [5.74, 6) is -0.660. The van der Waals surface area contributed by atoms with E-state index in [1.165, 1.54) is 11.7 Å². The van der Waals surface area contributed by atoms with Crippen molar-refractivity contribution in [1.82, 2.24) is 24.9 Å². The SMILES string of the molecule is CNC(=O)c1nn(C)cc1NC(=O)c1cccc(Cn2nc(C)cc2C)c1. The number of carbonyl (C=O) groups is 2. The molecule has 0 bridgehead atoms. The lowest BCUT2D eigenvalue weighted by molar-refractivity contribution is 0.0958. The molecule has 0 saturated heterocycles. The number of aryl methyl sites for hydroxylation is 3. The average Bonchev–Trinajstić information content (AvgIpc) is 3.15. The van der Waals surface area contributed by atoms with Crippen molar-refractivity contribution in [3.05, 3.63) is 64.7 Å². The predicted molar refractivity (Wildman–Crippen MR) is 102 cm³/mol. The van der Waals surface area contributed by atoms with Gasteiger partial charge in [0.25, 0.3) is 11.8 Å². The first kappa shape index (κ1) is 18.4. The maximum absolute atomic E-state index is 12.7. The van der Waals surface area contributed by atoms with Crippen molar-refractivity contribution < 1.29 is 9.59 Å². The molecule has 2 aromatic heterocycles. The maximum atomic E-state index is 12.7. The van der Waals surface area contributed by atoms with Crippen LogP contribution in [0.1, 0.15) is 37.8 Å². The topological polar surface area (TPSA) is 93.8 Å². The van der Waals surface area contributed by atoms with Gasteiger partial charge >= 0.3 is 0 Å². The van der Waals surface area contributed by atoms with Gasteiger partial charge in [-0.15, -0.1) is 0 Å². The highest BCUT2D eigenvalue weighted by atomic mass is 16.2. The van der Waals surface area contributed by atoms with Crippen LogP contribution in [0.3, 0.4) is 0 Å². The molecule has 2 heterocycles. The molecule has 8 heteroatoms. The van der Waals surface area contributed by atoms with Gasteiger partial charge < -0.3 is 10.6 Å². The van der Waals surface area contributed by atoms with Gasteiger partial charge in [0.1, 0.15) is 0 Å². The van der Waals surface area contributed by atoms with Crippen LogP contribution in [0.15, 0.2) is 36.5 Å². The number of benzene rings is 1. The maximum Gasteiger partial charge on any atom is 0.273 e. The molecule has 0 aliphatic rings. The fourth-order valence-electron chi connectivity index (χ4n) is 2.88. The van der Waals surface area contributed by atoms with E-state index in [0.717, 1.165) is 17.0 Å². The van der Waals surface area contributed by atoms with Gasteiger partial charge in [-0.1, -0.05) is 12.1 Å². The minimum Gasteiger partial charge on any atom is -0.354 e.